The van der Waals surface area contributed by atoms with Crippen LogP contribution in [-0.2, 0) is 9.47 Å². The van der Waals surface area contributed by atoms with E-state index in [9.17, 15) is 0 Å². The van der Waals surface area contributed by atoms with Crippen molar-refractivity contribution in [2.75, 3.05) is 14.2 Å². The molecule has 0 aliphatic rings. The van der Waals surface area contributed by atoms with Crippen molar-refractivity contribution in [3.8, 4) is 0 Å². The van der Waals surface area contributed by atoms with E-state index in [-0.39, 0.29) is 0 Å². The van der Waals surface area contributed by atoms with Gasteiger partial charge in [-0.15, -0.1) is 0 Å². The van der Waals surface area contributed by atoms with Crippen molar-refractivity contribution in [1.29, 1.82) is 0 Å². The summed E-state index contributed by atoms with van der Waals surface area (Å²) in [6.45, 7) is 3.81. The zero-order valence-corrected chi connectivity index (χ0v) is 10.7. The lowest BCUT2D eigenvalue weighted by Crippen LogP contribution is -2.22. The Morgan fingerprint density at radius 3 is 2.44 bits per heavy atom. The average Bonchev–Trinajstić information content (AvgIpc) is 2.25. The van der Waals surface area contributed by atoms with E-state index in [1.165, 1.54) is 0 Å². The highest BCUT2D eigenvalue weighted by atomic mass is 35.5. The summed E-state index contributed by atoms with van der Waals surface area (Å²) in [6.07, 6.45) is -0.417. The van der Waals surface area contributed by atoms with Crippen LogP contribution in [0.2, 0.25) is 5.02 Å². The average molecular weight is 242 g/mol. The van der Waals surface area contributed by atoms with Crippen LogP contribution >= 0.6 is 11.6 Å². The van der Waals surface area contributed by atoms with Crippen molar-refractivity contribution in [2.24, 2.45) is 4.99 Å². The van der Waals surface area contributed by atoms with Gasteiger partial charge in [0.25, 0.3) is 0 Å². The molecule has 0 unspecified atom stereocenters. The third-order valence-corrected chi connectivity index (χ3v) is 2.64. The van der Waals surface area contributed by atoms with E-state index in [0.717, 1.165) is 17.0 Å². The SMILES string of the molecule is COC(OC)C(C)=Nc1ccc(C)c(Cl)c1. The minimum atomic E-state index is -0.417. The standard InChI is InChI=1S/C12H16ClNO2/c1-8-5-6-10(7-11(8)13)14-9(2)12(15-3)16-4/h5-7,12H,1-4H3. The normalized spacial score (nSPS) is 12.2. The number of halogens is 1. The first-order chi connectivity index (χ1) is 7.58. The molecule has 0 aromatic heterocycles. The quantitative estimate of drug-likeness (QED) is 0.598. The maximum atomic E-state index is 6.01. The summed E-state index contributed by atoms with van der Waals surface area (Å²) in [7, 11) is 3.16. The first-order valence-electron chi connectivity index (χ1n) is 4.95. The molecule has 0 saturated heterocycles. The lowest BCUT2D eigenvalue weighted by atomic mass is 10.2. The van der Waals surface area contributed by atoms with E-state index in [2.05, 4.69) is 4.99 Å². The minimum absolute atomic E-state index is 0.417. The van der Waals surface area contributed by atoms with Crippen molar-refractivity contribution in [3.05, 3.63) is 28.8 Å². The van der Waals surface area contributed by atoms with E-state index < -0.39 is 6.29 Å². The summed E-state index contributed by atoms with van der Waals surface area (Å²) in [5.41, 5.74) is 2.59. The number of hydrogen-bond acceptors (Lipinski definition) is 3. The molecule has 0 bridgehead atoms. The van der Waals surface area contributed by atoms with Crippen LogP contribution < -0.4 is 0 Å². The van der Waals surface area contributed by atoms with Gasteiger partial charge in [0, 0.05) is 19.2 Å². The van der Waals surface area contributed by atoms with E-state index in [1.807, 2.05) is 32.0 Å². The number of nitrogens with zero attached hydrogens (tertiary/aromatic N) is 1. The maximum Gasteiger partial charge on any atom is 0.196 e. The predicted molar refractivity (Wildman–Crippen MR) is 66.8 cm³/mol. The molecule has 4 heteroatoms. The third-order valence-electron chi connectivity index (χ3n) is 2.23. The molecule has 1 aromatic carbocycles. The molecule has 0 saturated carbocycles. The second-order valence-corrected chi connectivity index (χ2v) is 3.90. The molecule has 0 amide bonds. The van der Waals surface area contributed by atoms with Gasteiger partial charge in [-0.1, -0.05) is 17.7 Å². The fraction of sp³-hybridized carbons (Fsp3) is 0.417. The highest BCUT2D eigenvalue weighted by Gasteiger charge is 2.09. The van der Waals surface area contributed by atoms with Gasteiger partial charge in [0.05, 0.1) is 11.4 Å². The fourth-order valence-electron chi connectivity index (χ4n) is 1.34. The Balaban J connectivity index is 2.93. The maximum absolute atomic E-state index is 6.01. The van der Waals surface area contributed by atoms with Crippen LogP contribution in [0, 0.1) is 6.92 Å². The second-order valence-electron chi connectivity index (χ2n) is 3.49. The summed E-state index contributed by atoms with van der Waals surface area (Å²) in [5.74, 6) is 0. The molecule has 0 fully saturated rings. The van der Waals surface area contributed by atoms with Gasteiger partial charge in [-0.25, -0.2) is 0 Å². The van der Waals surface area contributed by atoms with Crippen molar-refractivity contribution >= 4 is 23.0 Å². The number of hydrogen-bond donors (Lipinski definition) is 0. The Morgan fingerprint density at radius 1 is 1.31 bits per heavy atom. The molecule has 1 rings (SSSR count). The van der Waals surface area contributed by atoms with Crippen LogP contribution in [0.5, 0.6) is 0 Å². The highest BCUT2D eigenvalue weighted by Crippen LogP contribution is 2.22. The predicted octanol–water partition coefficient (Wildman–Crippen LogP) is 3.36. The summed E-state index contributed by atoms with van der Waals surface area (Å²) >= 11 is 6.01. The van der Waals surface area contributed by atoms with Gasteiger partial charge in [-0.2, -0.15) is 0 Å². The Kier molecular flexibility index (Phi) is 4.93. The molecule has 88 valence electrons. The molecule has 0 radical (unpaired) electrons. The zero-order valence-electron chi connectivity index (χ0n) is 9.95. The van der Waals surface area contributed by atoms with Gasteiger partial charge < -0.3 is 9.47 Å². The van der Waals surface area contributed by atoms with E-state index in [1.54, 1.807) is 14.2 Å². The lowest BCUT2D eigenvalue weighted by molar-refractivity contribution is -0.0522. The molecule has 3 nitrogen and oxygen atoms in total. The second kappa shape index (κ2) is 5.99. The molecule has 0 aliphatic carbocycles. The molecular weight excluding hydrogens is 226 g/mol. The largest absolute Gasteiger partial charge is 0.351 e. The van der Waals surface area contributed by atoms with E-state index in [0.29, 0.717) is 5.02 Å². The molecule has 0 N–H and O–H groups in total. The van der Waals surface area contributed by atoms with Gasteiger partial charge in [-0.3, -0.25) is 4.99 Å². The molecule has 0 heterocycles. The van der Waals surface area contributed by atoms with Gasteiger partial charge in [0.1, 0.15) is 0 Å². The summed E-state index contributed by atoms with van der Waals surface area (Å²) in [4.78, 5) is 4.39. The van der Waals surface area contributed by atoms with Crippen molar-refractivity contribution in [2.45, 2.75) is 20.1 Å². The monoisotopic (exact) mass is 241 g/mol. The van der Waals surface area contributed by atoms with Crippen LogP contribution in [0.1, 0.15) is 12.5 Å². The molecule has 16 heavy (non-hydrogen) atoms. The zero-order chi connectivity index (χ0) is 12.1. The van der Waals surface area contributed by atoms with Crippen LogP contribution in [-0.4, -0.2) is 26.2 Å². The minimum Gasteiger partial charge on any atom is -0.351 e. The first kappa shape index (κ1) is 13.2. The lowest BCUT2D eigenvalue weighted by Gasteiger charge is -2.12. The Bertz CT molecular complexity index is 387. The van der Waals surface area contributed by atoms with Gasteiger partial charge in [0.15, 0.2) is 6.29 Å². The summed E-state index contributed by atoms with van der Waals surface area (Å²) < 4.78 is 10.2. The first-order valence-corrected chi connectivity index (χ1v) is 5.33. The highest BCUT2D eigenvalue weighted by molar-refractivity contribution is 6.31. The van der Waals surface area contributed by atoms with Gasteiger partial charge in [0.2, 0.25) is 0 Å². The van der Waals surface area contributed by atoms with Crippen LogP contribution in [0.4, 0.5) is 5.69 Å². The van der Waals surface area contributed by atoms with Crippen molar-refractivity contribution in [1.82, 2.24) is 0 Å². The van der Waals surface area contributed by atoms with Crippen molar-refractivity contribution in [3.63, 3.8) is 0 Å². The number of benzene rings is 1. The van der Waals surface area contributed by atoms with Crippen molar-refractivity contribution < 1.29 is 9.47 Å². The Hall–Kier alpha value is -0.900. The van der Waals surface area contributed by atoms with Gasteiger partial charge in [-0.05, 0) is 31.5 Å². The number of aliphatic imine (C=N–C) groups is 1. The smallest absolute Gasteiger partial charge is 0.196 e. The third kappa shape index (κ3) is 3.30. The summed E-state index contributed by atoms with van der Waals surface area (Å²) in [6, 6.07) is 5.67. The number of methoxy groups -OCH3 is 2. The van der Waals surface area contributed by atoms with Crippen LogP contribution in [0.15, 0.2) is 23.2 Å². The number of rotatable bonds is 4. The molecule has 0 aliphatic heterocycles. The Labute approximate surface area is 101 Å². The van der Waals surface area contributed by atoms with Gasteiger partial charge >= 0.3 is 0 Å². The Morgan fingerprint density at radius 2 is 1.94 bits per heavy atom. The van der Waals surface area contributed by atoms with Crippen LogP contribution in [0.3, 0.4) is 0 Å². The van der Waals surface area contributed by atoms with Crippen LogP contribution in [0.25, 0.3) is 0 Å². The molecule has 0 spiro atoms. The molecule has 1 aromatic rings. The van der Waals surface area contributed by atoms with E-state index in [4.69, 9.17) is 21.1 Å². The summed E-state index contributed by atoms with van der Waals surface area (Å²) in [5, 5.41) is 0.709. The topological polar surface area (TPSA) is 30.8 Å². The molecular formula is C12H16ClNO2. The fourth-order valence-corrected chi connectivity index (χ4v) is 1.52. The van der Waals surface area contributed by atoms with E-state index >= 15 is 0 Å². The molecule has 0 atom stereocenters. The number of aryl methyl sites for hydroxylation is 1. The number of ether oxygens (including phenoxy) is 2.